The van der Waals surface area contributed by atoms with Crippen molar-refractivity contribution in [3.05, 3.63) is 109 Å². The molecule has 2 aliphatic heterocycles. The van der Waals surface area contributed by atoms with Gasteiger partial charge in [-0.2, -0.15) is 0 Å². The van der Waals surface area contributed by atoms with Gasteiger partial charge in [0, 0.05) is 13.1 Å². The van der Waals surface area contributed by atoms with E-state index in [1.807, 2.05) is 112 Å². The zero-order valence-corrected chi connectivity index (χ0v) is 27.5. The average molecular weight is 627 g/mol. The van der Waals surface area contributed by atoms with Crippen LogP contribution in [-0.4, -0.2) is 57.3 Å². The van der Waals surface area contributed by atoms with Crippen LogP contribution in [0.3, 0.4) is 0 Å². The Labute approximate surface area is 272 Å². The summed E-state index contributed by atoms with van der Waals surface area (Å²) in [4.78, 5) is 53.8. The van der Waals surface area contributed by atoms with Crippen molar-refractivity contribution < 1.29 is 29.0 Å². The van der Waals surface area contributed by atoms with E-state index in [-0.39, 0.29) is 42.3 Å². The van der Waals surface area contributed by atoms with Gasteiger partial charge in [0.25, 0.3) is 0 Å². The second-order valence-electron chi connectivity index (χ2n) is 13.5. The van der Waals surface area contributed by atoms with Gasteiger partial charge in [-0.15, -0.1) is 13.2 Å². The largest absolute Gasteiger partial charge is 0.481 e. The van der Waals surface area contributed by atoms with Crippen molar-refractivity contribution in [2.45, 2.75) is 65.1 Å². The van der Waals surface area contributed by atoms with E-state index in [1.54, 1.807) is 11.0 Å². The molecule has 8 nitrogen and oxygen atoms in total. The number of hydrogen-bond acceptors (Lipinski definition) is 5. The van der Waals surface area contributed by atoms with Gasteiger partial charge < -0.3 is 19.6 Å². The van der Waals surface area contributed by atoms with Gasteiger partial charge in [-0.3, -0.25) is 19.2 Å². The van der Waals surface area contributed by atoms with Crippen LogP contribution in [0.2, 0.25) is 0 Å². The van der Waals surface area contributed by atoms with Gasteiger partial charge in [-0.1, -0.05) is 85.0 Å². The lowest BCUT2D eigenvalue weighted by atomic mass is 9.76. The number of carbonyl (C=O) groups is 4. The van der Waals surface area contributed by atoms with Crippen LogP contribution < -0.4 is 0 Å². The monoisotopic (exact) mass is 626 g/mol. The topological polar surface area (TPSA) is 104 Å². The Bertz CT molecular complexity index is 1500. The van der Waals surface area contributed by atoms with Crippen molar-refractivity contribution in [3.8, 4) is 0 Å². The van der Waals surface area contributed by atoms with Crippen molar-refractivity contribution in [1.82, 2.24) is 9.80 Å². The smallest absolute Gasteiger partial charge is 0.319 e. The number of esters is 1. The van der Waals surface area contributed by atoms with Crippen LogP contribution in [0.25, 0.3) is 0 Å². The first-order valence-corrected chi connectivity index (χ1v) is 15.8. The van der Waals surface area contributed by atoms with E-state index in [2.05, 4.69) is 13.2 Å². The highest BCUT2D eigenvalue weighted by molar-refractivity contribution is 5.95. The van der Waals surface area contributed by atoms with Crippen LogP contribution >= 0.6 is 0 Å². The maximum Gasteiger partial charge on any atom is 0.319 e. The molecule has 3 aliphatic rings. The van der Waals surface area contributed by atoms with Crippen LogP contribution in [0.4, 0.5) is 0 Å². The summed E-state index contributed by atoms with van der Waals surface area (Å²) in [7, 11) is 0. The molecule has 2 fully saturated rings. The number of ether oxygens (including phenoxy) is 1. The number of likely N-dealkylation sites (tertiary alicyclic amines) is 2. The maximum atomic E-state index is 13.0. The Morgan fingerprint density at radius 1 is 0.935 bits per heavy atom. The third-order valence-corrected chi connectivity index (χ3v) is 9.50. The normalized spacial score (nSPS) is 26.5. The highest BCUT2D eigenvalue weighted by Gasteiger charge is 2.59. The molecule has 2 saturated heterocycles. The Morgan fingerprint density at radius 3 is 1.91 bits per heavy atom. The minimum atomic E-state index is -1.26. The summed E-state index contributed by atoms with van der Waals surface area (Å²) in [6.07, 6.45) is 7.77. The summed E-state index contributed by atoms with van der Waals surface area (Å²) in [6.45, 7) is 17.4. The van der Waals surface area contributed by atoms with E-state index in [0.717, 1.165) is 11.1 Å². The molecule has 2 amide bonds. The van der Waals surface area contributed by atoms with E-state index >= 15 is 0 Å². The first-order valence-electron chi connectivity index (χ1n) is 15.8. The fourth-order valence-electron chi connectivity index (χ4n) is 6.79. The fourth-order valence-corrected chi connectivity index (χ4v) is 6.79. The summed E-state index contributed by atoms with van der Waals surface area (Å²) in [5, 5.41) is 9.66. The second kappa shape index (κ2) is 13.5. The molecule has 1 aliphatic carbocycles. The third kappa shape index (κ3) is 6.43. The zero-order valence-electron chi connectivity index (χ0n) is 27.5. The third-order valence-electron chi connectivity index (χ3n) is 9.50. The Morgan fingerprint density at radius 2 is 1.46 bits per heavy atom. The molecule has 8 heteroatoms. The van der Waals surface area contributed by atoms with Crippen LogP contribution in [0.15, 0.2) is 98.1 Å². The van der Waals surface area contributed by atoms with E-state index < -0.39 is 28.3 Å². The van der Waals surface area contributed by atoms with Crippen LogP contribution in [0, 0.1) is 22.7 Å². The van der Waals surface area contributed by atoms with Gasteiger partial charge in [0.05, 0.1) is 23.9 Å². The molecule has 0 aromatic heterocycles. The maximum absolute atomic E-state index is 13.0. The Hall–Kier alpha value is -4.46. The number of amides is 2. The summed E-state index contributed by atoms with van der Waals surface area (Å²) in [5.74, 6) is -2.39. The standard InChI is InChI=1S/C20H25NO3.C18H21NO3/c1-14(15-9-6-5-7-10-15)21-13-20(18(23)24-19(2,3)4)12-8-11-16(20)17(21)22;1-4-9-15-16(20)19(12-18(15,5-2)17(21)22)13(3)14-10-7-6-8-11-14/h5-10,12,14,16H,11,13H2,1-4H3;4-8,10-11,13,15H,1-2,9,12H2,3H3,(H,21,22)/t14-,16-,20-;13-,15-,18-/m11/s1. The van der Waals surface area contributed by atoms with Gasteiger partial charge in [0.2, 0.25) is 11.8 Å². The molecule has 2 aromatic carbocycles. The van der Waals surface area contributed by atoms with Crippen LogP contribution in [0.1, 0.15) is 70.7 Å². The number of nitrogens with zero attached hydrogens (tertiary/aromatic N) is 2. The first-order chi connectivity index (χ1) is 21.7. The average Bonchev–Trinajstić information content (AvgIpc) is 3.68. The predicted molar refractivity (Wildman–Crippen MR) is 177 cm³/mol. The van der Waals surface area contributed by atoms with Crippen LogP contribution in [-0.2, 0) is 23.9 Å². The SMILES string of the molecule is C=CC[C@@H]1C(=O)N([C@H](C)c2ccccc2)C[C@@]1(C=C)C(=O)O.C[C@H](c1ccccc1)N1C[C@]2(C(=O)OC(C)(C)C)C=CC[C@@H]2C1=O. The van der Waals surface area contributed by atoms with Crippen molar-refractivity contribution in [1.29, 1.82) is 0 Å². The minimum absolute atomic E-state index is 0.0437. The molecule has 0 saturated carbocycles. The lowest BCUT2D eigenvalue weighted by Crippen LogP contribution is -2.40. The van der Waals surface area contributed by atoms with Crippen LogP contribution in [0.5, 0.6) is 0 Å². The van der Waals surface area contributed by atoms with Crippen molar-refractivity contribution >= 4 is 23.8 Å². The number of hydrogen-bond donors (Lipinski definition) is 1. The Balaban J connectivity index is 0.000000210. The number of aliphatic carboxylic acids is 1. The number of rotatable bonds is 9. The highest BCUT2D eigenvalue weighted by Crippen LogP contribution is 2.49. The quantitative estimate of drug-likeness (QED) is 0.251. The molecule has 244 valence electrons. The van der Waals surface area contributed by atoms with E-state index in [1.165, 1.54) is 6.08 Å². The number of carbonyl (C=O) groups excluding carboxylic acids is 3. The molecule has 6 atom stereocenters. The summed E-state index contributed by atoms with van der Waals surface area (Å²) >= 11 is 0. The molecule has 2 heterocycles. The Kier molecular flexibility index (Phi) is 10.1. The van der Waals surface area contributed by atoms with Gasteiger partial charge in [-0.05, 0) is 58.6 Å². The molecular formula is C38H46N2O6. The lowest BCUT2D eigenvalue weighted by Gasteiger charge is -2.30. The lowest BCUT2D eigenvalue weighted by molar-refractivity contribution is -0.166. The predicted octanol–water partition coefficient (Wildman–Crippen LogP) is 6.53. The van der Waals surface area contributed by atoms with E-state index in [9.17, 15) is 24.3 Å². The summed E-state index contributed by atoms with van der Waals surface area (Å²) in [5.41, 5.74) is -0.594. The molecule has 5 rings (SSSR count). The molecule has 1 N–H and O–H groups in total. The van der Waals surface area contributed by atoms with E-state index in [0.29, 0.717) is 19.4 Å². The molecule has 0 spiro atoms. The van der Waals surface area contributed by atoms with Gasteiger partial charge in [0.1, 0.15) is 16.4 Å². The number of benzene rings is 2. The zero-order chi connectivity index (χ0) is 33.9. The summed E-state index contributed by atoms with van der Waals surface area (Å²) < 4.78 is 5.64. The molecule has 46 heavy (non-hydrogen) atoms. The van der Waals surface area contributed by atoms with Crippen molar-refractivity contribution in [2.75, 3.05) is 13.1 Å². The van der Waals surface area contributed by atoms with E-state index in [4.69, 9.17) is 4.74 Å². The molecular weight excluding hydrogens is 580 g/mol. The highest BCUT2D eigenvalue weighted by atomic mass is 16.6. The molecule has 0 unspecified atom stereocenters. The van der Waals surface area contributed by atoms with Gasteiger partial charge in [0.15, 0.2) is 0 Å². The van der Waals surface area contributed by atoms with Gasteiger partial charge in [-0.25, -0.2) is 0 Å². The minimum Gasteiger partial charge on any atom is -0.481 e. The van der Waals surface area contributed by atoms with Crippen molar-refractivity contribution in [3.63, 3.8) is 0 Å². The van der Waals surface area contributed by atoms with Gasteiger partial charge >= 0.3 is 11.9 Å². The fraction of sp³-hybridized carbons (Fsp3) is 0.421. The second-order valence-corrected chi connectivity index (χ2v) is 13.5. The molecule has 0 radical (unpaired) electrons. The number of carboxylic acids is 1. The first kappa shape index (κ1) is 34.4. The number of carboxylic acid groups (broad SMARTS) is 1. The number of fused-ring (bicyclic) bond motifs is 1. The molecule has 0 bridgehead atoms. The number of allylic oxidation sites excluding steroid dienone is 2. The van der Waals surface area contributed by atoms with Crippen molar-refractivity contribution in [2.24, 2.45) is 22.7 Å². The molecule has 2 aromatic rings. The summed E-state index contributed by atoms with van der Waals surface area (Å²) in [6, 6.07) is 19.3.